The summed E-state index contributed by atoms with van der Waals surface area (Å²) in [6.07, 6.45) is 1.51. The lowest BCUT2D eigenvalue weighted by Crippen LogP contribution is -2.19. The Balaban J connectivity index is 2.58. The second-order valence-corrected chi connectivity index (χ2v) is 6.21. The molecule has 0 aromatic carbocycles. The minimum absolute atomic E-state index is 0.0458. The van der Waals surface area contributed by atoms with Crippen LogP contribution < -0.4 is 11.1 Å². The number of aromatic nitrogens is 2. The summed E-state index contributed by atoms with van der Waals surface area (Å²) < 4.78 is 22.5. The Morgan fingerprint density at radius 3 is 2.88 bits per heavy atom. The van der Waals surface area contributed by atoms with E-state index in [1.54, 1.807) is 13.0 Å². The summed E-state index contributed by atoms with van der Waals surface area (Å²) in [6.45, 7) is 1.87. The number of hydrogen-bond acceptors (Lipinski definition) is 6. The molecule has 0 radical (unpaired) electrons. The molecule has 1 heterocycles. The topological polar surface area (TPSA) is 98.0 Å². The predicted molar refractivity (Wildman–Crippen MR) is 70.7 cm³/mol. The Morgan fingerprint density at radius 1 is 1.59 bits per heavy atom. The summed E-state index contributed by atoms with van der Waals surface area (Å²) in [5.41, 5.74) is 5.87. The number of nitrogens with two attached hydrogens (primary N) is 1. The average Bonchev–Trinajstić information content (AvgIpc) is 2.29. The molecule has 3 N–H and O–H groups in total. The van der Waals surface area contributed by atoms with Crippen molar-refractivity contribution < 1.29 is 8.42 Å². The van der Waals surface area contributed by atoms with Gasteiger partial charge in [0.05, 0.1) is 5.75 Å². The summed E-state index contributed by atoms with van der Waals surface area (Å²) in [5, 5.41) is 2.81. The van der Waals surface area contributed by atoms with Crippen LogP contribution in [-0.2, 0) is 9.84 Å². The fourth-order valence-corrected chi connectivity index (χ4v) is 1.86. The van der Waals surface area contributed by atoms with E-state index in [2.05, 4.69) is 15.3 Å². The van der Waals surface area contributed by atoms with E-state index < -0.39 is 9.84 Å². The zero-order chi connectivity index (χ0) is 12.9. The third-order valence-corrected chi connectivity index (χ3v) is 3.96. The van der Waals surface area contributed by atoms with Gasteiger partial charge in [0.25, 0.3) is 0 Å². The molecule has 1 rings (SSSR count). The molecule has 0 amide bonds. The second kappa shape index (κ2) is 5.87. The van der Waals surface area contributed by atoms with Gasteiger partial charge in [-0.3, -0.25) is 0 Å². The number of anilines is 1. The monoisotopic (exact) mass is 274 g/mol. The van der Waals surface area contributed by atoms with Crippen LogP contribution in [0.15, 0.2) is 12.3 Å². The highest BCUT2D eigenvalue weighted by Gasteiger charge is 2.07. The van der Waals surface area contributed by atoms with E-state index in [0.717, 1.165) is 0 Å². The molecule has 0 aliphatic carbocycles. The van der Waals surface area contributed by atoms with Gasteiger partial charge in [-0.15, -0.1) is 0 Å². The fourth-order valence-electron chi connectivity index (χ4n) is 1.04. The van der Waals surface area contributed by atoms with Gasteiger partial charge in [-0.1, -0.05) is 19.1 Å². The van der Waals surface area contributed by atoms with Crippen LogP contribution in [-0.4, -0.2) is 41.4 Å². The Morgan fingerprint density at radius 2 is 2.29 bits per heavy atom. The number of sulfone groups is 1. The van der Waals surface area contributed by atoms with Crippen molar-refractivity contribution in [1.29, 1.82) is 0 Å². The molecule has 0 aliphatic heterocycles. The first-order chi connectivity index (χ1) is 7.94. The van der Waals surface area contributed by atoms with Gasteiger partial charge in [-0.2, -0.15) is 0 Å². The molecule has 0 saturated heterocycles. The van der Waals surface area contributed by atoms with Crippen molar-refractivity contribution >= 4 is 33.0 Å². The van der Waals surface area contributed by atoms with Gasteiger partial charge in [0.2, 0.25) is 5.95 Å². The molecule has 1 aromatic heterocycles. The van der Waals surface area contributed by atoms with Crippen molar-refractivity contribution in [2.75, 3.05) is 23.4 Å². The lowest BCUT2D eigenvalue weighted by atomic mass is 10.4. The molecule has 1 aromatic rings. The molecule has 0 spiro atoms. The Kier molecular flexibility index (Phi) is 4.76. The summed E-state index contributed by atoms with van der Waals surface area (Å²) in [6, 6.07) is 1.59. The number of nitrogens with one attached hydrogen (secondary N) is 1. The maximum absolute atomic E-state index is 11.2. The summed E-state index contributed by atoms with van der Waals surface area (Å²) >= 11 is 4.78. The maximum atomic E-state index is 11.2. The van der Waals surface area contributed by atoms with E-state index in [1.807, 2.05) is 0 Å². The molecular weight excluding hydrogens is 260 g/mol. The Bertz CT molecular complexity index is 501. The molecule has 0 aliphatic rings. The quantitative estimate of drug-likeness (QED) is 0.702. The highest BCUT2D eigenvalue weighted by atomic mass is 32.2. The van der Waals surface area contributed by atoms with Crippen LogP contribution >= 0.6 is 12.2 Å². The molecule has 6 nitrogen and oxygen atoms in total. The van der Waals surface area contributed by atoms with Crippen LogP contribution in [0.4, 0.5) is 5.95 Å². The molecule has 0 saturated carbocycles. The molecule has 94 valence electrons. The van der Waals surface area contributed by atoms with E-state index in [4.69, 9.17) is 18.0 Å². The maximum Gasteiger partial charge on any atom is 0.223 e. The first-order valence-corrected chi connectivity index (χ1v) is 7.24. The largest absolute Gasteiger partial charge is 0.388 e. The standard InChI is InChI=1S/C9H14N4O2S2/c1-2-17(14,15)6-5-12-9-11-4-3-7(13-9)8(10)16/h3-4H,2,5-6H2,1H3,(H2,10,16)(H,11,12,13). The number of rotatable bonds is 6. The van der Waals surface area contributed by atoms with Gasteiger partial charge < -0.3 is 11.1 Å². The summed E-state index contributed by atoms with van der Waals surface area (Å²) in [5.74, 6) is 0.494. The third kappa shape index (κ3) is 4.61. The Labute approximate surface area is 106 Å². The van der Waals surface area contributed by atoms with Gasteiger partial charge in [0, 0.05) is 18.5 Å². The van der Waals surface area contributed by atoms with Crippen molar-refractivity contribution in [3.63, 3.8) is 0 Å². The minimum Gasteiger partial charge on any atom is -0.388 e. The number of nitrogens with zero attached hydrogens (tertiary/aromatic N) is 2. The van der Waals surface area contributed by atoms with E-state index in [-0.39, 0.29) is 23.0 Å². The van der Waals surface area contributed by atoms with Crippen molar-refractivity contribution in [3.8, 4) is 0 Å². The van der Waals surface area contributed by atoms with Crippen LogP contribution in [0.3, 0.4) is 0 Å². The predicted octanol–water partition coefficient (Wildman–Crippen LogP) is -0.0426. The molecule has 17 heavy (non-hydrogen) atoms. The van der Waals surface area contributed by atoms with Crippen molar-refractivity contribution in [1.82, 2.24) is 9.97 Å². The normalized spacial score (nSPS) is 11.1. The van der Waals surface area contributed by atoms with Crippen LogP contribution in [0.2, 0.25) is 0 Å². The lowest BCUT2D eigenvalue weighted by Gasteiger charge is -2.05. The second-order valence-electron chi connectivity index (χ2n) is 3.29. The highest BCUT2D eigenvalue weighted by molar-refractivity contribution is 7.91. The lowest BCUT2D eigenvalue weighted by molar-refractivity contribution is 0.597. The third-order valence-electron chi connectivity index (χ3n) is 2.04. The first-order valence-electron chi connectivity index (χ1n) is 5.02. The van der Waals surface area contributed by atoms with Crippen LogP contribution in [0, 0.1) is 0 Å². The van der Waals surface area contributed by atoms with E-state index in [9.17, 15) is 8.42 Å². The first kappa shape index (κ1) is 13.8. The van der Waals surface area contributed by atoms with Crippen LogP contribution in [0.1, 0.15) is 12.6 Å². The molecule has 0 fully saturated rings. The summed E-state index contributed by atoms with van der Waals surface area (Å²) in [4.78, 5) is 8.15. The zero-order valence-electron chi connectivity index (χ0n) is 9.38. The smallest absolute Gasteiger partial charge is 0.223 e. The van der Waals surface area contributed by atoms with E-state index >= 15 is 0 Å². The van der Waals surface area contributed by atoms with E-state index in [0.29, 0.717) is 11.6 Å². The molecule has 0 atom stereocenters. The number of hydrogen-bond donors (Lipinski definition) is 2. The number of thiocarbonyl (C=S) groups is 1. The van der Waals surface area contributed by atoms with Crippen molar-refractivity contribution in [3.05, 3.63) is 18.0 Å². The molecule has 0 unspecified atom stereocenters. The molecular formula is C9H14N4O2S2. The van der Waals surface area contributed by atoms with Crippen molar-refractivity contribution in [2.24, 2.45) is 5.73 Å². The average molecular weight is 274 g/mol. The van der Waals surface area contributed by atoms with Crippen LogP contribution in [0.25, 0.3) is 0 Å². The fraction of sp³-hybridized carbons (Fsp3) is 0.444. The highest BCUT2D eigenvalue weighted by Crippen LogP contribution is 2.00. The van der Waals surface area contributed by atoms with E-state index in [1.165, 1.54) is 6.20 Å². The molecule has 0 bridgehead atoms. The van der Waals surface area contributed by atoms with Gasteiger partial charge in [-0.05, 0) is 6.07 Å². The van der Waals surface area contributed by atoms with Gasteiger partial charge in [0.15, 0.2) is 9.84 Å². The molecule has 8 heteroatoms. The van der Waals surface area contributed by atoms with Crippen molar-refractivity contribution in [2.45, 2.75) is 6.92 Å². The summed E-state index contributed by atoms with van der Waals surface area (Å²) in [7, 11) is -2.98. The van der Waals surface area contributed by atoms with Gasteiger partial charge >= 0.3 is 0 Å². The van der Waals surface area contributed by atoms with Gasteiger partial charge in [0.1, 0.15) is 10.7 Å². The van der Waals surface area contributed by atoms with Gasteiger partial charge in [-0.25, -0.2) is 18.4 Å². The Hall–Kier alpha value is -1.28. The SMILES string of the molecule is CCS(=O)(=O)CCNc1nccc(C(N)=S)n1. The minimum atomic E-state index is -2.98. The zero-order valence-corrected chi connectivity index (χ0v) is 11.0. The van der Waals surface area contributed by atoms with Crippen LogP contribution in [0.5, 0.6) is 0 Å².